The molecule has 0 amide bonds. The standard InChI is InChI=1S/C25H22O6/c1-15-4-3-5-17(12-15)23(27)21-14-30-22-13-18(26)8-11-20(22)24(21)31-19-9-6-16(7-10-19)25(28)29-2/h3-13,21,24,26H,14H2,1-2H3. The second-order valence-electron chi connectivity index (χ2n) is 7.43. The summed E-state index contributed by atoms with van der Waals surface area (Å²) in [4.78, 5) is 25.0. The minimum atomic E-state index is -0.624. The number of aryl methyl sites for hydroxylation is 1. The zero-order valence-electron chi connectivity index (χ0n) is 17.2. The number of esters is 1. The molecule has 4 rings (SSSR count). The molecule has 0 saturated heterocycles. The monoisotopic (exact) mass is 418 g/mol. The van der Waals surface area contributed by atoms with Crippen molar-refractivity contribution in [3.63, 3.8) is 0 Å². The molecule has 0 saturated carbocycles. The lowest BCUT2D eigenvalue weighted by Gasteiger charge is -2.33. The van der Waals surface area contributed by atoms with E-state index >= 15 is 0 Å². The van der Waals surface area contributed by atoms with Gasteiger partial charge in [0.05, 0.1) is 18.6 Å². The van der Waals surface area contributed by atoms with Gasteiger partial charge in [-0.15, -0.1) is 0 Å². The Kier molecular flexibility index (Phi) is 5.62. The first-order valence-electron chi connectivity index (χ1n) is 9.88. The Morgan fingerprint density at radius 2 is 1.77 bits per heavy atom. The number of fused-ring (bicyclic) bond motifs is 1. The number of ether oxygens (including phenoxy) is 3. The van der Waals surface area contributed by atoms with Gasteiger partial charge >= 0.3 is 5.97 Å². The third kappa shape index (κ3) is 4.23. The summed E-state index contributed by atoms with van der Waals surface area (Å²) in [7, 11) is 1.32. The molecule has 2 atom stereocenters. The number of hydrogen-bond acceptors (Lipinski definition) is 6. The third-order valence-corrected chi connectivity index (χ3v) is 5.27. The molecule has 6 nitrogen and oxygen atoms in total. The molecule has 0 fully saturated rings. The number of carbonyl (C=O) groups excluding carboxylic acids is 2. The van der Waals surface area contributed by atoms with Crippen molar-refractivity contribution in [3.05, 3.63) is 89.0 Å². The van der Waals surface area contributed by atoms with E-state index in [1.54, 1.807) is 42.5 Å². The zero-order chi connectivity index (χ0) is 22.0. The average Bonchev–Trinajstić information content (AvgIpc) is 2.78. The van der Waals surface area contributed by atoms with Crippen LogP contribution in [-0.2, 0) is 4.74 Å². The minimum absolute atomic E-state index is 0.0726. The van der Waals surface area contributed by atoms with E-state index in [-0.39, 0.29) is 18.1 Å². The highest BCUT2D eigenvalue weighted by Crippen LogP contribution is 2.41. The highest BCUT2D eigenvalue weighted by molar-refractivity contribution is 5.98. The Morgan fingerprint density at radius 3 is 2.48 bits per heavy atom. The fraction of sp³-hybridized carbons (Fsp3) is 0.200. The summed E-state index contributed by atoms with van der Waals surface area (Å²) < 4.78 is 16.8. The maximum absolute atomic E-state index is 13.3. The second-order valence-corrected chi connectivity index (χ2v) is 7.43. The molecule has 0 spiro atoms. The number of aromatic hydroxyl groups is 1. The lowest BCUT2D eigenvalue weighted by atomic mass is 9.86. The Morgan fingerprint density at radius 1 is 1.00 bits per heavy atom. The topological polar surface area (TPSA) is 82.1 Å². The summed E-state index contributed by atoms with van der Waals surface area (Å²) in [5, 5.41) is 9.82. The Balaban J connectivity index is 1.68. The molecule has 1 N–H and O–H groups in total. The molecule has 0 aliphatic carbocycles. The van der Waals surface area contributed by atoms with Gasteiger partial charge in [-0.1, -0.05) is 23.8 Å². The Labute approximate surface area is 180 Å². The van der Waals surface area contributed by atoms with E-state index in [9.17, 15) is 14.7 Å². The summed E-state index contributed by atoms with van der Waals surface area (Å²) in [6, 6.07) is 18.7. The average molecular weight is 418 g/mol. The number of phenolic OH excluding ortho intramolecular Hbond substituents is 1. The predicted molar refractivity (Wildman–Crippen MR) is 114 cm³/mol. The van der Waals surface area contributed by atoms with Crippen molar-refractivity contribution in [3.8, 4) is 17.2 Å². The van der Waals surface area contributed by atoms with Gasteiger partial charge in [0, 0.05) is 17.2 Å². The Hall–Kier alpha value is -3.80. The van der Waals surface area contributed by atoms with Crippen molar-refractivity contribution < 1.29 is 28.9 Å². The van der Waals surface area contributed by atoms with Gasteiger partial charge in [0.1, 0.15) is 30.0 Å². The molecule has 1 aliphatic heterocycles. The van der Waals surface area contributed by atoms with Crippen LogP contribution in [0.1, 0.15) is 37.9 Å². The van der Waals surface area contributed by atoms with E-state index < -0.39 is 18.0 Å². The van der Waals surface area contributed by atoms with Crippen molar-refractivity contribution in [1.82, 2.24) is 0 Å². The van der Waals surface area contributed by atoms with Gasteiger partial charge in [-0.05, 0) is 49.4 Å². The van der Waals surface area contributed by atoms with Crippen molar-refractivity contribution in [2.24, 2.45) is 5.92 Å². The van der Waals surface area contributed by atoms with Gasteiger partial charge in [-0.2, -0.15) is 0 Å². The van der Waals surface area contributed by atoms with Crippen LogP contribution in [0.5, 0.6) is 17.2 Å². The van der Waals surface area contributed by atoms with Gasteiger partial charge in [-0.3, -0.25) is 4.79 Å². The van der Waals surface area contributed by atoms with Crippen LogP contribution in [0.4, 0.5) is 0 Å². The zero-order valence-corrected chi connectivity index (χ0v) is 17.2. The third-order valence-electron chi connectivity index (χ3n) is 5.27. The van der Waals surface area contributed by atoms with E-state index in [1.807, 2.05) is 25.1 Å². The van der Waals surface area contributed by atoms with Crippen LogP contribution in [0, 0.1) is 12.8 Å². The van der Waals surface area contributed by atoms with Crippen LogP contribution in [0.25, 0.3) is 0 Å². The molecule has 6 heteroatoms. The van der Waals surface area contributed by atoms with Crippen LogP contribution >= 0.6 is 0 Å². The first-order chi connectivity index (χ1) is 15.0. The largest absolute Gasteiger partial charge is 0.508 e. The van der Waals surface area contributed by atoms with Crippen LogP contribution in [-0.4, -0.2) is 30.6 Å². The SMILES string of the molecule is COC(=O)c1ccc(OC2c3ccc(O)cc3OCC2C(=O)c2cccc(C)c2)cc1. The predicted octanol–water partition coefficient (Wildman–Crippen LogP) is 4.50. The van der Waals surface area contributed by atoms with Gasteiger partial charge in [0.2, 0.25) is 0 Å². The van der Waals surface area contributed by atoms with Gasteiger partial charge < -0.3 is 19.3 Å². The number of phenols is 1. The fourth-order valence-corrected chi connectivity index (χ4v) is 3.67. The molecule has 1 aliphatic rings. The smallest absolute Gasteiger partial charge is 0.337 e. The molecular formula is C25H22O6. The number of methoxy groups -OCH3 is 1. The second kappa shape index (κ2) is 8.52. The number of benzene rings is 3. The summed E-state index contributed by atoms with van der Waals surface area (Å²) >= 11 is 0. The first kappa shape index (κ1) is 20.5. The lowest BCUT2D eigenvalue weighted by molar-refractivity contribution is 0.0516. The van der Waals surface area contributed by atoms with Crippen LogP contribution in [0.2, 0.25) is 0 Å². The molecule has 31 heavy (non-hydrogen) atoms. The number of carbonyl (C=O) groups is 2. The number of hydrogen-bond donors (Lipinski definition) is 1. The van der Waals surface area contributed by atoms with Crippen molar-refractivity contribution in [2.45, 2.75) is 13.0 Å². The van der Waals surface area contributed by atoms with Crippen molar-refractivity contribution in [1.29, 1.82) is 0 Å². The quantitative estimate of drug-likeness (QED) is 0.485. The van der Waals surface area contributed by atoms with E-state index in [0.717, 1.165) is 5.56 Å². The molecule has 0 aromatic heterocycles. The molecule has 0 bridgehead atoms. The lowest BCUT2D eigenvalue weighted by Crippen LogP contribution is -2.35. The normalized spacial score (nSPS) is 17.2. The molecule has 158 valence electrons. The summed E-state index contributed by atoms with van der Waals surface area (Å²) in [6.45, 7) is 2.05. The van der Waals surface area contributed by atoms with Gasteiger partial charge in [0.25, 0.3) is 0 Å². The molecule has 1 heterocycles. The molecular weight excluding hydrogens is 396 g/mol. The van der Waals surface area contributed by atoms with E-state index in [4.69, 9.17) is 14.2 Å². The molecule has 0 radical (unpaired) electrons. The van der Waals surface area contributed by atoms with Crippen molar-refractivity contribution >= 4 is 11.8 Å². The highest BCUT2D eigenvalue weighted by atomic mass is 16.5. The molecule has 2 unspecified atom stereocenters. The van der Waals surface area contributed by atoms with Crippen molar-refractivity contribution in [2.75, 3.05) is 13.7 Å². The number of Topliss-reactive ketones (excluding diaryl/α,β-unsaturated/α-hetero) is 1. The number of rotatable bonds is 5. The van der Waals surface area contributed by atoms with E-state index in [0.29, 0.717) is 28.2 Å². The van der Waals surface area contributed by atoms with Crippen LogP contribution in [0.15, 0.2) is 66.7 Å². The van der Waals surface area contributed by atoms with Crippen LogP contribution in [0.3, 0.4) is 0 Å². The maximum atomic E-state index is 13.3. The first-order valence-corrected chi connectivity index (χ1v) is 9.88. The molecule has 3 aromatic rings. The maximum Gasteiger partial charge on any atom is 0.337 e. The van der Waals surface area contributed by atoms with Crippen LogP contribution < -0.4 is 9.47 Å². The number of ketones is 1. The van der Waals surface area contributed by atoms with E-state index in [1.165, 1.54) is 13.2 Å². The summed E-state index contributed by atoms with van der Waals surface area (Å²) in [5.74, 6) is -0.0582. The van der Waals surface area contributed by atoms with E-state index in [2.05, 4.69) is 0 Å². The summed E-state index contributed by atoms with van der Waals surface area (Å²) in [5.41, 5.74) is 2.65. The highest BCUT2D eigenvalue weighted by Gasteiger charge is 2.38. The van der Waals surface area contributed by atoms with Gasteiger partial charge in [-0.25, -0.2) is 4.79 Å². The fourth-order valence-electron chi connectivity index (χ4n) is 3.67. The Bertz CT molecular complexity index is 1120. The molecule has 3 aromatic carbocycles. The minimum Gasteiger partial charge on any atom is -0.508 e. The van der Waals surface area contributed by atoms with Gasteiger partial charge in [0.15, 0.2) is 5.78 Å². The summed E-state index contributed by atoms with van der Waals surface area (Å²) in [6.07, 6.45) is -0.624.